The Morgan fingerprint density at radius 3 is 1.97 bits per heavy atom. The summed E-state index contributed by atoms with van der Waals surface area (Å²) in [5, 5.41) is 11.2. The topological polar surface area (TPSA) is 85.3 Å². The predicted octanol–water partition coefficient (Wildman–Crippen LogP) is 4.79. The molecule has 3 aromatic carbocycles. The van der Waals surface area contributed by atoms with Crippen LogP contribution in [0.15, 0.2) is 66.2 Å². The van der Waals surface area contributed by atoms with Crippen molar-refractivity contribution in [1.82, 2.24) is 0 Å². The molecule has 0 bridgehead atoms. The Balaban J connectivity index is 2.00. The Bertz CT molecular complexity index is 1290. The fraction of sp³-hybridized carbons (Fsp3) is 0.185. The van der Waals surface area contributed by atoms with Crippen molar-refractivity contribution in [1.29, 1.82) is 0 Å². The summed E-state index contributed by atoms with van der Waals surface area (Å²) in [4.78, 5) is 27.9. The number of amides is 1. The standard InChI is InChI=1S/C27H24FNO6/c1-15-5-11-19(12-6-15)29-23(17-13-20(33-2)26(35-4)21(14-17)34-3)22(25(31)27(29)32)24(30)16-7-9-18(28)10-8-16/h5-14,23,30H,1-4H3/b24-22+. The summed E-state index contributed by atoms with van der Waals surface area (Å²) in [5.41, 5.74) is 1.95. The third kappa shape index (κ3) is 4.19. The second kappa shape index (κ2) is 9.50. The van der Waals surface area contributed by atoms with Crippen LogP contribution in [0, 0.1) is 12.7 Å². The first kappa shape index (κ1) is 23.8. The lowest BCUT2D eigenvalue weighted by atomic mass is 9.94. The maximum Gasteiger partial charge on any atom is 0.300 e. The number of hydrogen-bond acceptors (Lipinski definition) is 6. The van der Waals surface area contributed by atoms with Crippen LogP contribution < -0.4 is 19.1 Å². The SMILES string of the molecule is COc1cc(C2/C(=C(\O)c3ccc(F)cc3)C(=O)C(=O)N2c2ccc(C)cc2)cc(OC)c1OC. The van der Waals surface area contributed by atoms with E-state index in [9.17, 15) is 19.1 Å². The van der Waals surface area contributed by atoms with E-state index in [2.05, 4.69) is 0 Å². The van der Waals surface area contributed by atoms with Crippen LogP contribution in [0.3, 0.4) is 0 Å². The summed E-state index contributed by atoms with van der Waals surface area (Å²) in [5.74, 6) is -1.62. The number of rotatable bonds is 6. The number of nitrogens with zero attached hydrogens (tertiary/aromatic N) is 1. The molecule has 3 aromatic rings. The fourth-order valence-electron chi connectivity index (χ4n) is 4.14. The average molecular weight is 477 g/mol. The number of aryl methyl sites for hydroxylation is 1. The van der Waals surface area contributed by atoms with Gasteiger partial charge < -0.3 is 19.3 Å². The lowest BCUT2D eigenvalue weighted by Crippen LogP contribution is -2.29. The molecule has 1 unspecified atom stereocenters. The number of aliphatic hydroxyl groups excluding tert-OH is 1. The van der Waals surface area contributed by atoms with Crippen LogP contribution in [0.1, 0.15) is 22.7 Å². The van der Waals surface area contributed by atoms with Gasteiger partial charge in [0.05, 0.1) is 32.9 Å². The van der Waals surface area contributed by atoms with Crippen LogP contribution in [-0.2, 0) is 9.59 Å². The van der Waals surface area contributed by atoms with Crippen molar-refractivity contribution >= 4 is 23.1 Å². The van der Waals surface area contributed by atoms with E-state index in [-0.39, 0.29) is 11.1 Å². The summed E-state index contributed by atoms with van der Waals surface area (Å²) < 4.78 is 29.8. The van der Waals surface area contributed by atoms with E-state index in [0.717, 1.165) is 5.56 Å². The molecule has 180 valence electrons. The van der Waals surface area contributed by atoms with Gasteiger partial charge in [-0.1, -0.05) is 17.7 Å². The van der Waals surface area contributed by atoms with Crippen molar-refractivity contribution in [3.8, 4) is 17.2 Å². The Hall–Kier alpha value is -4.33. The molecule has 0 aromatic heterocycles. The number of methoxy groups -OCH3 is 3. The third-order valence-electron chi connectivity index (χ3n) is 5.88. The molecule has 1 atom stereocenters. The van der Waals surface area contributed by atoms with E-state index in [1.807, 2.05) is 19.1 Å². The third-order valence-corrected chi connectivity index (χ3v) is 5.88. The van der Waals surface area contributed by atoms with E-state index in [4.69, 9.17) is 14.2 Å². The number of ketones is 1. The number of carbonyl (C=O) groups excluding carboxylic acids is 2. The van der Waals surface area contributed by atoms with Gasteiger partial charge in [0, 0.05) is 11.3 Å². The van der Waals surface area contributed by atoms with Crippen LogP contribution >= 0.6 is 0 Å². The molecule has 1 amide bonds. The second-order valence-electron chi connectivity index (χ2n) is 7.97. The molecule has 0 radical (unpaired) electrons. The minimum absolute atomic E-state index is 0.142. The van der Waals surface area contributed by atoms with Gasteiger partial charge in [-0.05, 0) is 61.0 Å². The first-order chi connectivity index (χ1) is 16.8. The van der Waals surface area contributed by atoms with E-state index < -0.39 is 29.3 Å². The van der Waals surface area contributed by atoms with Gasteiger partial charge in [0.15, 0.2) is 11.5 Å². The largest absolute Gasteiger partial charge is 0.507 e. The van der Waals surface area contributed by atoms with Gasteiger partial charge >= 0.3 is 0 Å². The zero-order chi connectivity index (χ0) is 25.3. The number of anilines is 1. The molecule has 1 aliphatic rings. The minimum Gasteiger partial charge on any atom is -0.507 e. The summed E-state index contributed by atoms with van der Waals surface area (Å²) in [6, 6.07) is 14.3. The van der Waals surface area contributed by atoms with E-state index in [1.165, 1.54) is 50.5 Å². The highest BCUT2D eigenvalue weighted by Gasteiger charge is 2.47. The second-order valence-corrected chi connectivity index (χ2v) is 7.97. The van der Waals surface area contributed by atoms with Gasteiger partial charge in [-0.15, -0.1) is 0 Å². The number of benzene rings is 3. The molecule has 35 heavy (non-hydrogen) atoms. The molecule has 0 saturated carbocycles. The minimum atomic E-state index is -1.02. The van der Waals surface area contributed by atoms with Crippen LogP contribution in [0.25, 0.3) is 5.76 Å². The number of hydrogen-bond donors (Lipinski definition) is 1. The highest BCUT2D eigenvalue weighted by molar-refractivity contribution is 6.51. The maximum absolute atomic E-state index is 13.5. The normalized spacial score (nSPS) is 16.9. The van der Waals surface area contributed by atoms with Gasteiger partial charge in [-0.25, -0.2) is 4.39 Å². The molecule has 7 nitrogen and oxygen atoms in total. The van der Waals surface area contributed by atoms with E-state index >= 15 is 0 Å². The van der Waals surface area contributed by atoms with Gasteiger partial charge in [0.1, 0.15) is 11.6 Å². The van der Waals surface area contributed by atoms with Crippen molar-refractivity contribution in [3.05, 3.63) is 88.7 Å². The van der Waals surface area contributed by atoms with Crippen molar-refractivity contribution < 1.29 is 33.3 Å². The molecule has 1 aliphatic heterocycles. The van der Waals surface area contributed by atoms with Gasteiger partial charge in [-0.2, -0.15) is 0 Å². The van der Waals surface area contributed by atoms with Gasteiger partial charge in [-0.3, -0.25) is 14.5 Å². The predicted molar refractivity (Wildman–Crippen MR) is 128 cm³/mol. The van der Waals surface area contributed by atoms with Gasteiger partial charge in [0.2, 0.25) is 5.75 Å². The number of aliphatic hydroxyl groups is 1. The zero-order valence-electron chi connectivity index (χ0n) is 19.7. The molecular weight excluding hydrogens is 453 g/mol. The van der Waals surface area contributed by atoms with Gasteiger partial charge in [0.25, 0.3) is 11.7 Å². The van der Waals surface area contributed by atoms with Crippen LogP contribution in [0.5, 0.6) is 17.2 Å². The average Bonchev–Trinajstić information content (AvgIpc) is 3.13. The molecular formula is C27H24FNO6. The Morgan fingerprint density at radius 2 is 1.46 bits per heavy atom. The van der Waals surface area contributed by atoms with Crippen LogP contribution in [0.4, 0.5) is 10.1 Å². The first-order valence-electron chi connectivity index (χ1n) is 10.7. The first-order valence-corrected chi connectivity index (χ1v) is 10.7. The number of carbonyl (C=O) groups is 2. The summed E-state index contributed by atoms with van der Waals surface area (Å²) in [7, 11) is 4.37. The van der Waals surface area contributed by atoms with E-state index in [1.54, 1.807) is 24.3 Å². The van der Waals surface area contributed by atoms with Crippen molar-refractivity contribution in [2.75, 3.05) is 26.2 Å². The molecule has 1 heterocycles. The van der Waals surface area contributed by atoms with E-state index in [0.29, 0.717) is 28.5 Å². The Kier molecular flexibility index (Phi) is 6.46. The van der Waals surface area contributed by atoms with Crippen molar-refractivity contribution in [3.63, 3.8) is 0 Å². The Morgan fingerprint density at radius 1 is 0.886 bits per heavy atom. The monoisotopic (exact) mass is 477 g/mol. The molecule has 1 N–H and O–H groups in total. The smallest absolute Gasteiger partial charge is 0.300 e. The molecule has 0 spiro atoms. The quantitative estimate of drug-likeness (QED) is 0.312. The van der Waals surface area contributed by atoms with Crippen LogP contribution in [0.2, 0.25) is 0 Å². The molecule has 1 fully saturated rings. The maximum atomic E-state index is 13.5. The molecule has 4 rings (SSSR count). The summed E-state index contributed by atoms with van der Waals surface area (Å²) in [6.45, 7) is 1.91. The zero-order valence-corrected chi connectivity index (χ0v) is 19.7. The highest BCUT2D eigenvalue weighted by Crippen LogP contribution is 2.47. The molecule has 0 aliphatic carbocycles. The van der Waals surface area contributed by atoms with Crippen LogP contribution in [-0.4, -0.2) is 38.1 Å². The highest BCUT2D eigenvalue weighted by atomic mass is 19.1. The summed E-state index contributed by atoms with van der Waals surface area (Å²) >= 11 is 0. The summed E-state index contributed by atoms with van der Waals surface area (Å²) in [6.07, 6.45) is 0. The molecule has 8 heteroatoms. The molecule has 1 saturated heterocycles. The lowest BCUT2D eigenvalue weighted by molar-refractivity contribution is -0.132. The number of ether oxygens (including phenoxy) is 3. The number of Topliss-reactive ketones (excluding diaryl/α,β-unsaturated/α-hetero) is 1. The van der Waals surface area contributed by atoms with Crippen molar-refractivity contribution in [2.24, 2.45) is 0 Å². The number of halogens is 1. The fourth-order valence-corrected chi connectivity index (χ4v) is 4.14. The Labute approximate surface area is 202 Å². The van der Waals surface area contributed by atoms with Crippen molar-refractivity contribution in [2.45, 2.75) is 13.0 Å². The lowest BCUT2D eigenvalue weighted by Gasteiger charge is -2.26.